The topological polar surface area (TPSA) is 39.2 Å². The lowest BCUT2D eigenvalue weighted by molar-refractivity contribution is 0.00637. The number of halogens is 1. The van der Waals surface area contributed by atoms with Crippen molar-refractivity contribution >= 4 is 5.97 Å². The zero-order valence-corrected chi connectivity index (χ0v) is 8.37. The van der Waals surface area contributed by atoms with E-state index in [1.807, 2.05) is 0 Å². The molecule has 3 nitrogen and oxygen atoms in total. The molecule has 1 rings (SSSR count). The molecule has 0 aliphatic carbocycles. The molecule has 0 aliphatic rings. The third-order valence-electron chi connectivity index (χ3n) is 1.38. The van der Waals surface area contributed by atoms with Crippen molar-refractivity contribution in [2.24, 2.45) is 0 Å². The van der Waals surface area contributed by atoms with Crippen LogP contribution in [0.3, 0.4) is 0 Å². The van der Waals surface area contributed by atoms with E-state index in [-0.39, 0.29) is 5.56 Å². The average Bonchev–Trinajstić information content (AvgIpc) is 2.01. The van der Waals surface area contributed by atoms with Gasteiger partial charge in [-0.1, -0.05) is 0 Å². The predicted molar refractivity (Wildman–Crippen MR) is 49.4 cm³/mol. The summed E-state index contributed by atoms with van der Waals surface area (Å²) < 4.78 is 18.0. The van der Waals surface area contributed by atoms with Gasteiger partial charge in [0.25, 0.3) is 0 Å². The third-order valence-corrected chi connectivity index (χ3v) is 1.38. The minimum atomic E-state index is -0.804. The zero-order valence-electron chi connectivity index (χ0n) is 8.37. The molecule has 0 spiro atoms. The Morgan fingerprint density at radius 1 is 1.50 bits per heavy atom. The summed E-state index contributed by atoms with van der Waals surface area (Å²) in [4.78, 5) is 14.7. The summed E-state index contributed by atoms with van der Waals surface area (Å²) >= 11 is 0. The summed E-state index contributed by atoms with van der Waals surface area (Å²) in [6.45, 7) is 5.16. The van der Waals surface area contributed by atoms with E-state index in [0.717, 1.165) is 0 Å². The van der Waals surface area contributed by atoms with Gasteiger partial charge in [0.2, 0.25) is 5.95 Å². The van der Waals surface area contributed by atoms with Crippen molar-refractivity contribution < 1.29 is 13.9 Å². The van der Waals surface area contributed by atoms with Crippen LogP contribution in [0.15, 0.2) is 18.3 Å². The number of pyridine rings is 1. The van der Waals surface area contributed by atoms with Crippen LogP contribution in [0.5, 0.6) is 0 Å². The fourth-order valence-corrected chi connectivity index (χ4v) is 0.871. The Morgan fingerprint density at radius 3 is 2.64 bits per heavy atom. The highest BCUT2D eigenvalue weighted by atomic mass is 19.1. The van der Waals surface area contributed by atoms with Crippen LogP contribution in [0.1, 0.15) is 31.1 Å². The normalized spacial score (nSPS) is 11.1. The predicted octanol–water partition coefficient (Wildman–Crippen LogP) is 2.18. The van der Waals surface area contributed by atoms with E-state index in [4.69, 9.17) is 4.74 Å². The van der Waals surface area contributed by atoms with Crippen LogP contribution in [-0.4, -0.2) is 16.6 Å². The first kappa shape index (κ1) is 10.6. The van der Waals surface area contributed by atoms with Gasteiger partial charge in [0, 0.05) is 6.20 Å². The highest BCUT2D eigenvalue weighted by Crippen LogP contribution is 2.12. The lowest BCUT2D eigenvalue weighted by Gasteiger charge is -2.19. The molecule has 0 unspecified atom stereocenters. The zero-order chi connectivity index (χ0) is 10.8. The maximum Gasteiger partial charge on any atom is 0.343 e. The Kier molecular flexibility index (Phi) is 2.84. The van der Waals surface area contributed by atoms with Gasteiger partial charge < -0.3 is 4.74 Å². The monoisotopic (exact) mass is 197 g/mol. The molecule has 1 heterocycles. The standard InChI is InChI=1S/C10H12FNO2/c1-10(2,3)14-9(13)7-5-4-6-12-8(7)11/h4-6H,1-3H3. The maximum absolute atomic E-state index is 13.0. The Bertz CT molecular complexity index is 344. The van der Waals surface area contributed by atoms with Crippen molar-refractivity contribution in [3.8, 4) is 0 Å². The van der Waals surface area contributed by atoms with Crippen LogP contribution in [-0.2, 0) is 4.74 Å². The van der Waals surface area contributed by atoms with Gasteiger partial charge in [0.05, 0.1) is 0 Å². The molecule has 0 radical (unpaired) electrons. The van der Waals surface area contributed by atoms with Crippen molar-refractivity contribution in [2.45, 2.75) is 26.4 Å². The lowest BCUT2D eigenvalue weighted by atomic mass is 10.2. The molecule has 14 heavy (non-hydrogen) atoms. The Morgan fingerprint density at radius 2 is 2.14 bits per heavy atom. The Hall–Kier alpha value is -1.45. The van der Waals surface area contributed by atoms with Gasteiger partial charge in [0.1, 0.15) is 11.2 Å². The Balaban J connectivity index is 2.86. The SMILES string of the molecule is CC(C)(C)OC(=O)c1cccnc1F. The lowest BCUT2D eigenvalue weighted by Crippen LogP contribution is -2.24. The van der Waals surface area contributed by atoms with Crippen LogP contribution in [0.2, 0.25) is 0 Å². The second-order valence-electron chi connectivity index (χ2n) is 3.84. The molecule has 0 saturated carbocycles. The summed E-state index contributed by atoms with van der Waals surface area (Å²) in [5.41, 5.74) is -0.762. The Labute approximate surface area is 81.9 Å². The number of nitrogens with zero attached hydrogens (tertiary/aromatic N) is 1. The van der Waals surface area contributed by atoms with Gasteiger partial charge in [-0.25, -0.2) is 9.78 Å². The number of hydrogen-bond acceptors (Lipinski definition) is 3. The summed E-state index contributed by atoms with van der Waals surface area (Å²) in [6, 6.07) is 2.83. The summed E-state index contributed by atoms with van der Waals surface area (Å²) in [5.74, 6) is -1.50. The number of carbonyl (C=O) groups is 1. The van der Waals surface area contributed by atoms with Crippen molar-refractivity contribution in [1.29, 1.82) is 0 Å². The van der Waals surface area contributed by atoms with Gasteiger partial charge in [0.15, 0.2) is 0 Å². The number of hydrogen-bond donors (Lipinski definition) is 0. The molecule has 0 atom stereocenters. The van der Waals surface area contributed by atoms with E-state index < -0.39 is 17.5 Å². The van der Waals surface area contributed by atoms with E-state index >= 15 is 0 Å². The van der Waals surface area contributed by atoms with Crippen LogP contribution < -0.4 is 0 Å². The van der Waals surface area contributed by atoms with E-state index in [0.29, 0.717) is 0 Å². The van der Waals surface area contributed by atoms with E-state index in [9.17, 15) is 9.18 Å². The van der Waals surface area contributed by atoms with Crippen LogP contribution >= 0.6 is 0 Å². The van der Waals surface area contributed by atoms with Crippen molar-refractivity contribution in [1.82, 2.24) is 4.98 Å². The van der Waals surface area contributed by atoms with E-state index in [1.54, 1.807) is 20.8 Å². The van der Waals surface area contributed by atoms with Gasteiger partial charge in [-0.15, -0.1) is 0 Å². The van der Waals surface area contributed by atoms with Crippen molar-refractivity contribution in [3.05, 3.63) is 29.8 Å². The quantitative estimate of drug-likeness (QED) is 0.511. The van der Waals surface area contributed by atoms with Crippen molar-refractivity contribution in [2.75, 3.05) is 0 Å². The molecule has 1 aromatic rings. The molecular formula is C10H12FNO2. The molecule has 0 N–H and O–H groups in total. The molecule has 0 amide bonds. The summed E-state index contributed by atoms with van der Waals surface area (Å²) in [7, 11) is 0. The minimum Gasteiger partial charge on any atom is -0.456 e. The second-order valence-corrected chi connectivity index (χ2v) is 3.84. The molecule has 0 aromatic carbocycles. The summed E-state index contributed by atoms with van der Waals surface area (Å²) in [6.07, 6.45) is 1.28. The highest BCUT2D eigenvalue weighted by Gasteiger charge is 2.20. The van der Waals surface area contributed by atoms with Gasteiger partial charge in [-0.3, -0.25) is 0 Å². The molecule has 4 heteroatoms. The molecule has 0 aliphatic heterocycles. The molecule has 1 aromatic heterocycles. The first-order chi connectivity index (χ1) is 6.40. The number of esters is 1. The number of carbonyl (C=O) groups excluding carboxylic acids is 1. The first-order valence-corrected chi connectivity index (χ1v) is 4.24. The van der Waals surface area contributed by atoms with E-state index in [2.05, 4.69) is 4.98 Å². The maximum atomic E-state index is 13.0. The second kappa shape index (κ2) is 3.74. The van der Waals surface area contributed by atoms with Gasteiger partial charge in [-0.05, 0) is 32.9 Å². The summed E-state index contributed by atoms with van der Waals surface area (Å²) in [5, 5.41) is 0. The number of rotatable bonds is 1. The third kappa shape index (κ3) is 2.80. The molecular weight excluding hydrogens is 185 g/mol. The number of aromatic nitrogens is 1. The molecule has 0 fully saturated rings. The minimum absolute atomic E-state index is 0.137. The van der Waals surface area contributed by atoms with Gasteiger partial charge >= 0.3 is 5.97 Å². The smallest absolute Gasteiger partial charge is 0.343 e. The van der Waals surface area contributed by atoms with Crippen molar-refractivity contribution in [3.63, 3.8) is 0 Å². The highest BCUT2D eigenvalue weighted by molar-refractivity contribution is 5.89. The molecule has 0 bridgehead atoms. The van der Waals surface area contributed by atoms with Crippen LogP contribution in [0, 0.1) is 5.95 Å². The van der Waals surface area contributed by atoms with Crippen LogP contribution in [0.25, 0.3) is 0 Å². The van der Waals surface area contributed by atoms with Crippen LogP contribution in [0.4, 0.5) is 4.39 Å². The fourth-order valence-electron chi connectivity index (χ4n) is 0.871. The largest absolute Gasteiger partial charge is 0.456 e. The first-order valence-electron chi connectivity index (χ1n) is 4.24. The molecule has 0 saturated heterocycles. The average molecular weight is 197 g/mol. The fraction of sp³-hybridized carbons (Fsp3) is 0.400. The molecule has 76 valence electrons. The van der Waals surface area contributed by atoms with Gasteiger partial charge in [-0.2, -0.15) is 4.39 Å². The number of ether oxygens (including phenoxy) is 1. The van der Waals surface area contributed by atoms with E-state index in [1.165, 1.54) is 18.3 Å².